The van der Waals surface area contributed by atoms with Crippen LogP contribution in [0.2, 0.25) is 0 Å². The van der Waals surface area contributed by atoms with Crippen molar-refractivity contribution in [2.75, 3.05) is 20.2 Å². The number of amides is 1. The average molecular weight is 444 g/mol. The zero-order valence-corrected chi connectivity index (χ0v) is 18.8. The molecule has 1 saturated carbocycles. The number of carbonyl (C=O) groups excluding carboxylic acids is 1. The number of nitriles is 1. The molecule has 0 bridgehead atoms. The molecule has 0 unspecified atom stereocenters. The van der Waals surface area contributed by atoms with Crippen molar-refractivity contribution in [3.8, 4) is 24.3 Å². The Morgan fingerprint density at radius 3 is 2.55 bits per heavy atom. The molecule has 0 atom stereocenters. The van der Waals surface area contributed by atoms with Crippen molar-refractivity contribution < 1.29 is 9.53 Å². The molecule has 2 aromatic carbocycles. The van der Waals surface area contributed by atoms with E-state index >= 15 is 0 Å². The van der Waals surface area contributed by atoms with E-state index in [1.807, 2.05) is 36.5 Å². The number of ether oxygens (including phenoxy) is 1. The number of terminal acetylenes is 1. The highest BCUT2D eigenvalue weighted by Gasteiger charge is 2.37. The van der Waals surface area contributed by atoms with Gasteiger partial charge in [-0.3, -0.25) is 10.1 Å². The Hall–Kier alpha value is -3.97. The van der Waals surface area contributed by atoms with Crippen LogP contribution in [0.15, 0.2) is 59.6 Å². The van der Waals surface area contributed by atoms with Crippen molar-refractivity contribution in [1.29, 1.82) is 5.26 Å². The number of hydrogen-bond acceptors (Lipinski definition) is 4. The predicted octanol–water partition coefficient (Wildman–Crippen LogP) is 2.96. The molecule has 0 saturated heterocycles. The minimum Gasteiger partial charge on any atom is -0.496 e. The first-order chi connectivity index (χ1) is 16.1. The van der Waals surface area contributed by atoms with E-state index in [0.29, 0.717) is 23.8 Å². The first-order valence-electron chi connectivity index (χ1n) is 11.0. The summed E-state index contributed by atoms with van der Waals surface area (Å²) in [5.41, 5.74) is 1.55. The molecule has 1 aliphatic rings. The Morgan fingerprint density at radius 1 is 1.18 bits per heavy atom. The zero-order chi connectivity index (χ0) is 23.5. The molecule has 170 valence electrons. The quantitative estimate of drug-likeness (QED) is 0.201. The molecule has 2 aromatic rings. The highest BCUT2D eigenvalue weighted by atomic mass is 16.5. The van der Waals surface area contributed by atoms with Crippen LogP contribution in [-0.2, 0) is 5.41 Å². The van der Waals surface area contributed by atoms with Gasteiger partial charge in [-0.1, -0.05) is 48.4 Å². The van der Waals surface area contributed by atoms with E-state index in [4.69, 9.17) is 16.4 Å². The largest absolute Gasteiger partial charge is 0.496 e. The maximum Gasteiger partial charge on any atom is 0.255 e. The van der Waals surface area contributed by atoms with Crippen LogP contribution in [0.1, 0.15) is 41.6 Å². The van der Waals surface area contributed by atoms with Gasteiger partial charge < -0.3 is 15.4 Å². The number of methoxy groups -OCH3 is 1. The Kier molecular flexibility index (Phi) is 8.32. The number of aliphatic imine (C=N–C) groups is 1. The molecule has 0 spiro atoms. The number of rotatable bonds is 7. The monoisotopic (exact) mass is 443 g/mol. The molecule has 33 heavy (non-hydrogen) atoms. The second-order valence-electron chi connectivity index (χ2n) is 8.05. The lowest BCUT2D eigenvalue weighted by atomic mass is 9.68. The van der Waals surface area contributed by atoms with Crippen molar-refractivity contribution in [3.63, 3.8) is 0 Å². The van der Waals surface area contributed by atoms with Crippen molar-refractivity contribution in [3.05, 3.63) is 65.7 Å². The Labute approximate surface area is 195 Å². The Balaban J connectivity index is 1.72. The third-order valence-corrected chi connectivity index (χ3v) is 6.11. The molecular formula is C26H29N5O2. The molecule has 1 amide bonds. The van der Waals surface area contributed by atoms with Gasteiger partial charge in [0.2, 0.25) is 5.96 Å². The first kappa shape index (κ1) is 23.7. The number of carbonyl (C=O) groups is 1. The number of guanidine groups is 1. The molecule has 0 aromatic heterocycles. The summed E-state index contributed by atoms with van der Waals surface area (Å²) in [6, 6.07) is 17.7. The fraction of sp³-hybridized carbons (Fsp3) is 0.346. The Bertz CT molecular complexity index is 1040. The lowest BCUT2D eigenvalue weighted by Gasteiger charge is -2.41. The lowest BCUT2D eigenvalue weighted by molar-refractivity contribution is 0.0932. The van der Waals surface area contributed by atoms with Crippen molar-refractivity contribution in [1.82, 2.24) is 16.0 Å². The average Bonchev–Trinajstić information content (AvgIpc) is 2.87. The van der Waals surface area contributed by atoms with Gasteiger partial charge in [-0.2, -0.15) is 5.26 Å². The van der Waals surface area contributed by atoms with Gasteiger partial charge in [0, 0.05) is 18.0 Å². The second kappa shape index (κ2) is 11.6. The molecule has 0 radical (unpaired) electrons. The molecule has 0 aliphatic heterocycles. The topological polar surface area (TPSA) is 98.5 Å². The second-order valence-corrected chi connectivity index (χ2v) is 8.05. The van der Waals surface area contributed by atoms with Crippen LogP contribution in [0.4, 0.5) is 0 Å². The van der Waals surface area contributed by atoms with Crippen LogP contribution in [0.3, 0.4) is 0 Å². The zero-order valence-electron chi connectivity index (χ0n) is 18.8. The van der Waals surface area contributed by atoms with Gasteiger partial charge in [0.05, 0.1) is 12.7 Å². The molecule has 3 rings (SSSR count). The maximum atomic E-state index is 12.9. The van der Waals surface area contributed by atoms with E-state index in [9.17, 15) is 4.79 Å². The van der Waals surface area contributed by atoms with E-state index in [2.05, 4.69) is 39.0 Å². The minimum atomic E-state index is -0.185. The first-order valence-corrected chi connectivity index (χ1v) is 11.0. The van der Waals surface area contributed by atoms with E-state index in [1.165, 1.54) is 5.56 Å². The molecule has 3 N–H and O–H groups in total. The van der Waals surface area contributed by atoms with Crippen molar-refractivity contribution in [2.24, 2.45) is 4.99 Å². The summed E-state index contributed by atoms with van der Waals surface area (Å²) in [5, 5.41) is 18.0. The number of benzene rings is 2. The third kappa shape index (κ3) is 6.05. The highest BCUT2D eigenvalue weighted by molar-refractivity contribution is 5.97. The standard InChI is InChI=1S/C26H29N5O2/c1-3-17-28-25(30-19-27)31-21-13-15-26(16-14-21,20-9-5-4-6-10-20)18-29-24(32)22-11-7-8-12-23(22)33-2/h1,4-12,21H,13-18H2,2H3,(H,29,32)(H2,28,30,31). The predicted molar refractivity (Wildman–Crippen MR) is 129 cm³/mol. The SMILES string of the molecule is C#CCN=C(NC#N)NC1CCC(CNC(=O)c2ccccc2OC)(c2ccccc2)CC1. The van der Waals surface area contributed by atoms with Gasteiger partial charge in [-0.25, -0.2) is 4.99 Å². The summed E-state index contributed by atoms with van der Waals surface area (Å²) >= 11 is 0. The maximum absolute atomic E-state index is 12.9. The van der Waals surface area contributed by atoms with Crippen molar-refractivity contribution in [2.45, 2.75) is 37.1 Å². The van der Waals surface area contributed by atoms with Gasteiger partial charge in [0.15, 0.2) is 6.19 Å². The summed E-state index contributed by atoms with van der Waals surface area (Å²) in [6.07, 6.45) is 10.6. The number of hydrogen-bond donors (Lipinski definition) is 3. The smallest absolute Gasteiger partial charge is 0.255 e. The summed E-state index contributed by atoms with van der Waals surface area (Å²) in [6.45, 7) is 0.724. The van der Waals surface area contributed by atoms with Crippen LogP contribution in [-0.4, -0.2) is 38.1 Å². The van der Waals surface area contributed by atoms with Gasteiger partial charge in [-0.05, 0) is 43.4 Å². The van der Waals surface area contributed by atoms with Gasteiger partial charge in [-0.15, -0.1) is 6.42 Å². The van der Waals surface area contributed by atoms with E-state index in [0.717, 1.165) is 25.7 Å². The number of nitrogens with one attached hydrogen (secondary N) is 3. The van der Waals surface area contributed by atoms with Crippen LogP contribution in [0.5, 0.6) is 5.75 Å². The van der Waals surface area contributed by atoms with Gasteiger partial charge in [0.25, 0.3) is 5.91 Å². The van der Waals surface area contributed by atoms with Crippen LogP contribution >= 0.6 is 0 Å². The third-order valence-electron chi connectivity index (χ3n) is 6.11. The summed E-state index contributed by atoms with van der Waals surface area (Å²) in [7, 11) is 1.56. The van der Waals surface area contributed by atoms with Crippen LogP contribution in [0.25, 0.3) is 0 Å². The molecule has 0 heterocycles. The molecule has 7 heteroatoms. The van der Waals surface area contributed by atoms with Gasteiger partial charge >= 0.3 is 0 Å². The van der Waals surface area contributed by atoms with Crippen molar-refractivity contribution >= 4 is 11.9 Å². The summed E-state index contributed by atoms with van der Waals surface area (Å²) < 4.78 is 5.35. The molecule has 1 aliphatic carbocycles. The highest BCUT2D eigenvalue weighted by Crippen LogP contribution is 2.39. The summed E-state index contributed by atoms with van der Waals surface area (Å²) in [4.78, 5) is 17.1. The summed E-state index contributed by atoms with van der Waals surface area (Å²) in [5.74, 6) is 3.26. The lowest BCUT2D eigenvalue weighted by Crippen LogP contribution is -2.49. The molecular weight excluding hydrogens is 414 g/mol. The normalized spacial score (nSPS) is 20.1. The fourth-order valence-corrected chi connectivity index (χ4v) is 4.34. The Morgan fingerprint density at radius 2 is 1.88 bits per heavy atom. The van der Waals surface area contributed by atoms with E-state index in [-0.39, 0.29) is 23.9 Å². The van der Waals surface area contributed by atoms with Gasteiger partial charge in [0.1, 0.15) is 12.3 Å². The minimum absolute atomic E-state index is 0.148. The molecule has 1 fully saturated rings. The van der Waals surface area contributed by atoms with E-state index in [1.54, 1.807) is 19.2 Å². The number of para-hydroxylation sites is 1. The number of nitrogens with zero attached hydrogens (tertiary/aromatic N) is 2. The molecule has 7 nitrogen and oxygen atoms in total. The van der Waals surface area contributed by atoms with Crippen LogP contribution < -0.4 is 20.7 Å². The van der Waals surface area contributed by atoms with E-state index < -0.39 is 0 Å². The van der Waals surface area contributed by atoms with Crippen LogP contribution in [0, 0.1) is 23.8 Å². The fourth-order valence-electron chi connectivity index (χ4n) is 4.34.